The number of aliphatic hydroxyl groups is 1. The third-order valence-corrected chi connectivity index (χ3v) is 4.02. The molecule has 3 nitrogen and oxygen atoms in total. The number of fused-ring (bicyclic) bond motifs is 1. The second kappa shape index (κ2) is 4.50. The summed E-state index contributed by atoms with van der Waals surface area (Å²) >= 11 is 7.12. The Labute approximate surface area is 112 Å². The molecule has 0 spiro atoms. The van der Waals surface area contributed by atoms with Crippen molar-refractivity contribution >= 4 is 22.9 Å². The minimum absolute atomic E-state index is 0.366. The van der Waals surface area contributed by atoms with Crippen LogP contribution in [0.2, 0.25) is 4.34 Å². The summed E-state index contributed by atoms with van der Waals surface area (Å²) in [7, 11) is 0. The molecule has 0 fully saturated rings. The van der Waals surface area contributed by atoms with Gasteiger partial charge >= 0.3 is 0 Å². The van der Waals surface area contributed by atoms with Gasteiger partial charge in [0.2, 0.25) is 0 Å². The maximum atomic E-state index is 13.2. The van der Waals surface area contributed by atoms with Crippen molar-refractivity contribution < 1.29 is 14.2 Å². The number of rotatable bonds is 1. The van der Waals surface area contributed by atoms with E-state index in [0.29, 0.717) is 27.1 Å². The molecule has 0 bridgehead atoms. The Kier molecular flexibility index (Phi) is 2.97. The Hall–Kier alpha value is -1.17. The summed E-state index contributed by atoms with van der Waals surface area (Å²) in [6.07, 6.45) is 0.870. The summed E-state index contributed by atoms with van der Waals surface area (Å²) in [5.74, 6) is -0.0242. The second-order valence-corrected chi connectivity index (χ2v) is 5.74. The van der Waals surface area contributed by atoms with Crippen molar-refractivity contribution in [2.45, 2.75) is 18.6 Å². The minimum atomic E-state index is -0.679. The van der Waals surface area contributed by atoms with Gasteiger partial charge < -0.3 is 9.84 Å². The lowest BCUT2D eigenvalue weighted by atomic mass is 9.99. The molecule has 0 saturated heterocycles. The molecule has 0 amide bonds. The Balaban J connectivity index is 1.95. The van der Waals surface area contributed by atoms with E-state index in [2.05, 4.69) is 4.98 Å². The van der Waals surface area contributed by atoms with Crippen LogP contribution in [0.25, 0.3) is 0 Å². The van der Waals surface area contributed by atoms with Crippen LogP contribution in [0.1, 0.15) is 29.2 Å². The van der Waals surface area contributed by atoms with E-state index in [1.165, 1.54) is 23.5 Å². The van der Waals surface area contributed by atoms with Crippen LogP contribution in [0.4, 0.5) is 4.39 Å². The van der Waals surface area contributed by atoms with Gasteiger partial charge in [-0.25, -0.2) is 9.37 Å². The van der Waals surface area contributed by atoms with Gasteiger partial charge in [-0.05, 0) is 12.1 Å². The van der Waals surface area contributed by atoms with E-state index >= 15 is 0 Å². The molecule has 2 aromatic rings. The van der Waals surface area contributed by atoms with Crippen LogP contribution in [0.15, 0.2) is 24.4 Å². The van der Waals surface area contributed by atoms with E-state index < -0.39 is 11.9 Å². The number of aromatic nitrogens is 1. The summed E-state index contributed by atoms with van der Waals surface area (Å²) in [4.78, 5) is 4.13. The average molecular weight is 286 g/mol. The standard InChI is InChI=1S/C12H9ClFNO2S/c13-11-5-15-12(18-11)10-4-8(16)7-2-1-6(14)3-9(7)17-10/h1-3,5,8,10,16H,4H2. The number of thiazole rings is 1. The molecular formula is C12H9ClFNO2S. The van der Waals surface area contributed by atoms with Crippen LogP contribution in [0, 0.1) is 5.82 Å². The molecule has 2 unspecified atom stereocenters. The molecule has 3 rings (SSSR count). The van der Waals surface area contributed by atoms with Gasteiger partial charge in [0.1, 0.15) is 20.9 Å². The first-order valence-electron chi connectivity index (χ1n) is 5.39. The van der Waals surface area contributed by atoms with Gasteiger partial charge in [0.25, 0.3) is 0 Å². The first-order chi connectivity index (χ1) is 8.63. The number of halogens is 2. The van der Waals surface area contributed by atoms with Gasteiger partial charge in [-0.1, -0.05) is 11.6 Å². The molecule has 1 aromatic carbocycles. The largest absolute Gasteiger partial charge is 0.483 e. The van der Waals surface area contributed by atoms with Crippen LogP contribution in [0.5, 0.6) is 5.75 Å². The zero-order chi connectivity index (χ0) is 12.7. The maximum Gasteiger partial charge on any atom is 0.153 e. The third-order valence-electron chi connectivity index (χ3n) is 2.81. The smallest absolute Gasteiger partial charge is 0.153 e. The van der Waals surface area contributed by atoms with E-state index in [4.69, 9.17) is 16.3 Å². The molecule has 2 heterocycles. The fourth-order valence-electron chi connectivity index (χ4n) is 1.98. The van der Waals surface area contributed by atoms with E-state index in [9.17, 15) is 9.50 Å². The average Bonchev–Trinajstić information content (AvgIpc) is 2.75. The molecule has 1 aliphatic rings. The monoisotopic (exact) mass is 285 g/mol. The van der Waals surface area contributed by atoms with Gasteiger partial charge in [0.05, 0.1) is 12.3 Å². The summed E-state index contributed by atoms with van der Waals surface area (Å²) in [5.41, 5.74) is 0.607. The van der Waals surface area contributed by atoms with Crippen LogP contribution in [-0.4, -0.2) is 10.1 Å². The SMILES string of the molecule is OC1CC(c2ncc(Cl)s2)Oc2cc(F)ccc21. The predicted molar refractivity (Wildman–Crippen MR) is 66.5 cm³/mol. The molecule has 1 aromatic heterocycles. The maximum absolute atomic E-state index is 13.2. The zero-order valence-electron chi connectivity index (χ0n) is 9.14. The molecular weight excluding hydrogens is 277 g/mol. The molecule has 18 heavy (non-hydrogen) atoms. The summed E-state index contributed by atoms with van der Waals surface area (Å²) in [5, 5.41) is 10.7. The van der Waals surface area contributed by atoms with Crippen LogP contribution in [0.3, 0.4) is 0 Å². The Bertz CT molecular complexity index is 589. The molecule has 1 N–H and O–H groups in total. The quantitative estimate of drug-likeness (QED) is 0.872. The predicted octanol–water partition coefficient (Wildman–Crippen LogP) is 3.49. The van der Waals surface area contributed by atoms with Crippen molar-refractivity contribution in [3.05, 3.63) is 45.1 Å². The number of benzene rings is 1. The molecule has 6 heteroatoms. The lowest BCUT2D eigenvalue weighted by Gasteiger charge is -2.28. The zero-order valence-corrected chi connectivity index (χ0v) is 10.7. The fourth-order valence-corrected chi connectivity index (χ4v) is 2.96. The Morgan fingerprint density at radius 3 is 3.06 bits per heavy atom. The molecule has 94 valence electrons. The van der Waals surface area contributed by atoms with E-state index in [-0.39, 0.29) is 6.10 Å². The lowest BCUT2D eigenvalue weighted by molar-refractivity contribution is 0.0652. The first-order valence-corrected chi connectivity index (χ1v) is 6.58. The number of aliphatic hydroxyl groups excluding tert-OH is 1. The van der Waals surface area contributed by atoms with Crippen molar-refractivity contribution in [3.8, 4) is 5.75 Å². The van der Waals surface area contributed by atoms with Gasteiger partial charge in [0, 0.05) is 18.1 Å². The Morgan fingerprint density at radius 2 is 2.33 bits per heavy atom. The summed E-state index contributed by atoms with van der Waals surface area (Å²) < 4.78 is 19.4. The van der Waals surface area contributed by atoms with Crippen molar-refractivity contribution in [1.29, 1.82) is 0 Å². The minimum Gasteiger partial charge on any atom is -0.483 e. The van der Waals surface area contributed by atoms with E-state index in [0.717, 1.165) is 0 Å². The molecule has 1 aliphatic heterocycles. The van der Waals surface area contributed by atoms with Crippen LogP contribution in [-0.2, 0) is 0 Å². The van der Waals surface area contributed by atoms with Gasteiger partial charge in [-0.2, -0.15) is 0 Å². The highest BCUT2D eigenvalue weighted by Gasteiger charge is 2.30. The summed E-state index contributed by atoms with van der Waals surface area (Å²) in [6.45, 7) is 0. The van der Waals surface area contributed by atoms with Gasteiger partial charge in [0.15, 0.2) is 6.10 Å². The third kappa shape index (κ3) is 2.09. The summed E-state index contributed by atoms with van der Waals surface area (Å²) in [6, 6.07) is 4.13. The van der Waals surface area contributed by atoms with Gasteiger partial charge in [-0.15, -0.1) is 11.3 Å². The topological polar surface area (TPSA) is 42.4 Å². The number of nitrogens with zero attached hydrogens (tertiary/aromatic N) is 1. The van der Waals surface area contributed by atoms with E-state index in [1.807, 2.05) is 0 Å². The van der Waals surface area contributed by atoms with Crippen LogP contribution >= 0.6 is 22.9 Å². The highest BCUT2D eigenvalue weighted by atomic mass is 35.5. The van der Waals surface area contributed by atoms with Gasteiger partial charge in [-0.3, -0.25) is 0 Å². The first kappa shape index (κ1) is 11.9. The number of hydrogen-bond donors (Lipinski definition) is 1. The highest BCUT2D eigenvalue weighted by molar-refractivity contribution is 7.15. The van der Waals surface area contributed by atoms with Crippen molar-refractivity contribution in [1.82, 2.24) is 4.98 Å². The fraction of sp³-hybridized carbons (Fsp3) is 0.250. The highest BCUT2D eigenvalue weighted by Crippen LogP contribution is 2.42. The normalized spacial score (nSPS) is 22.4. The van der Waals surface area contributed by atoms with E-state index in [1.54, 1.807) is 12.3 Å². The molecule has 2 atom stereocenters. The van der Waals surface area contributed by atoms with Crippen LogP contribution < -0.4 is 4.74 Å². The number of ether oxygens (including phenoxy) is 1. The molecule has 0 radical (unpaired) electrons. The number of hydrogen-bond acceptors (Lipinski definition) is 4. The Morgan fingerprint density at radius 1 is 1.50 bits per heavy atom. The molecule has 0 saturated carbocycles. The lowest BCUT2D eigenvalue weighted by Crippen LogP contribution is -2.19. The second-order valence-electron chi connectivity index (χ2n) is 4.04. The van der Waals surface area contributed by atoms with Crippen molar-refractivity contribution in [2.75, 3.05) is 0 Å². The van der Waals surface area contributed by atoms with Crippen molar-refractivity contribution in [2.24, 2.45) is 0 Å². The van der Waals surface area contributed by atoms with Crippen molar-refractivity contribution in [3.63, 3.8) is 0 Å². The molecule has 0 aliphatic carbocycles.